The maximum atomic E-state index is 4.80. The van der Waals surface area contributed by atoms with Crippen molar-refractivity contribution in [2.75, 3.05) is 5.32 Å². The van der Waals surface area contributed by atoms with Crippen LogP contribution < -0.4 is 5.32 Å². The van der Waals surface area contributed by atoms with Gasteiger partial charge in [-0.25, -0.2) is 4.98 Å². The number of halogens is 1. The number of rotatable bonds is 3. The summed E-state index contributed by atoms with van der Waals surface area (Å²) in [4.78, 5) is 6.11. The van der Waals surface area contributed by atoms with E-state index in [9.17, 15) is 0 Å². The molecule has 2 aromatic carbocycles. The van der Waals surface area contributed by atoms with Crippen LogP contribution in [0, 0.1) is 13.8 Å². The van der Waals surface area contributed by atoms with Gasteiger partial charge in [0.25, 0.3) is 0 Å². The van der Waals surface area contributed by atoms with Gasteiger partial charge in [-0.1, -0.05) is 35.9 Å². The molecule has 5 heteroatoms. The predicted molar refractivity (Wildman–Crippen MR) is 109 cm³/mol. The number of aromatic nitrogens is 1. The van der Waals surface area contributed by atoms with Gasteiger partial charge in [-0.05, 0) is 32.0 Å². The molecule has 2 aromatic heterocycles. The van der Waals surface area contributed by atoms with Crippen LogP contribution >= 0.6 is 35.1 Å². The molecule has 0 saturated heterocycles. The Morgan fingerprint density at radius 3 is 2.50 bits per heavy atom. The van der Waals surface area contributed by atoms with Crippen LogP contribution in [0.4, 0.5) is 10.8 Å². The summed E-state index contributed by atoms with van der Waals surface area (Å²) in [7, 11) is 0. The molecule has 24 heavy (non-hydrogen) atoms. The van der Waals surface area contributed by atoms with E-state index >= 15 is 0 Å². The van der Waals surface area contributed by atoms with Crippen LogP contribution in [0.3, 0.4) is 0 Å². The third-order valence-electron chi connectivity index (χ3n) is 3.83. The van der Waals surface area contributed by atoms with Crippen LogP contribution in [-0.2, 0) is 0 Å². The first-order valence-electron chi connectivity index (χ1n) is 7.48. The Bertz CT molecular complexity index is 971. The summed E-state index contributed by atoms with van der Waals surface area (Å²) in [5, 5.41) is 7.75. The quantitative estimate of drug-likeness (QED) is 0.427. The molecule has 0 radical (unpaired) electrons. The second-order valence-electron chi connectivity index (χ2n) is 5.56. The first-order valence-corrected chi connectivity index (χ1v) is 9.18. The normalized spacial score (nSPS) is 10.6. The summed E-state index contributed by atoms with van der Waals surface area (Å²) >= 11 is 3.48. The molecule has 0 spiro atoms. The third-order valence-corrected chi connectivity index (χ3v) is 5.68. The number of anilines is 2. The number of thiophene rings is 1. The van der Waals surface area contributed by atoms with Crippen molar-refractivity contribution in [2.45, 2.75) is 13.8 Å². The fraction of sp³-hybridized carbons (Fsp3) is 0.105. The highest BCUT2D eigenvalue weighted by Gasteiger charge is 2.13. The van der Waals surface area contributed by atoms with Crippen LogP contribution in [0.5, 0.6) is 0 Å². The van der Waals surface area contributed by atoms with Crippen molar-refractivity contribution >= 4 is 56.0 Å². The maximum Gasteiger partial charge on any atom is 0.187 e. The van der Waals surface area contributed by atoms with Crippen molar-refractivity contribution in [1.82, 2.24) is 4.98 Å². The molecule has 2 nitrogen and oxygen atoms in total. The van der Waals surface area contributed by atoms with Gasteiger partial charge in [0, 0.05) is 31.6 Å². The van der Waals surface area contributed by atoms with Crippen molar-refractivity contribution in [3.63, 3.8) is 0 Å². The average molecular weight is 373 g/mol. The number of nitrogens with one attached hydrogen (secondary N) is 1. The summed E-state index contributed by atoms with van der Waals surface area (Å²) in [5.74, 6) is 0. The molecule has 0 unspecified atom stereocenters. The smallest absolute Gasteiger partial charge is 0.187 e. The third kappa shape index (κ3) is 3.18. The van der Waals surface area contributed by atoms with Crippen molar-refractivity contribution in [3.05, 3.63) is 64.4 Å². The van der Waals surface area contributed by atoms with E-state index in [1.807, 2.05) is 11.3 Å². The fourth-order valence-electron chi connectivity index (χ4n) is 2.69. The average Bonchev–Trinajstić information content (AvgIpc) is 3.12. The zero-order chi connectivity index (χ0) is 15.8. The number of hydrogen-bond acceptors (Lipinski definition) is 4. The SMILES string of the molecule is Cc1ccc(Nc2nc(-c3c(C)sc4ccccc34)cs2)cc1.Cl. The second kappa shape index (κ2) is 6.93. The Balaban J connectivity index is 0.00000169. The minimum absolute atomic E-state index is 0. The molecule has 0 atom stereocenters. The summed E-state index contributed by atoms with van der Waals surface area (Å²) in [6.45, 7) is 4.27. The molecule has 0 amide bonds. The lowest BCUT2D eigenvalue weighted by atomic mass is 10.1. The van der Waals surface area contributed by atoms with Crippen LogP contribution in [0.2, 0.25) is 0 Å². The van der Waals surface area contributed by atoms with Gasteiger partial charge in [0.2, 0.25) is 0 Å². The first kappa shape index (κ1) is 17.0. The Hall–Kier alpha value is -1.88. The monoisotopic (exact) mass is 372 g/mol. The van der Waals surface area contributed by atoms with Gasteiger partial charge in [0.05, 0.1) is 5.69 Å². The highest BCUT2D eigenvalue weighted by Crippen LogP contribution is 2.39. The second-order valence-corrected chi connectivity index (χ2v) is 7.67. The lowest BCUT2D eigenvalue weighted by Crippen LogP contribution is -1.89. The molecule has 0 aliphatic rings. The molecule has 0 aliphatic heterocycles. The molecule has 2 heterocycles. The van der Waals surface area contributed by atoms with Crippen LogP contribution in [0.1, 0.15) is 10.4 Å². The van der Waals surface area contributed by atoms with Crippen molar-refractivity contribution in [3.8, 4) is 11.3 Å². The first-order chi connectivity index (χ1) is 11.2. The zero-order valence-corrected chi connectivity index (χ0v) is 15.8. The van der Waals surface area contributed by atoms with Crippen LogP contribution in [0.15, 0.2) is 53.9 Å². The topological polar surface area (TPSA) is 24.9 Å². The lowest BCUT2D eigenvalue weighted by Gasteiger charge is -2.02. The van der Waals surface area contributed by atoms with E-state index < -0.39 is 0 Å². The molecular weight excluding hydrogens is 356 g/mol. The van der Waals surface area contributed by atoms with Crippen molar-refractivity contribution in [1.29, 1.82) is 0 Å². The summed E-state index contributed by atoms with van der Waals surface area (Å²) in [5.41, 5.74) is 4.65. The number of aryl methyl sites for hydroxylation is 2. The highest BCUT2D eigenvalue weighted by molar-refractivity contribution is 7.19. The van der Waals surface area contributed by atoms with E-state index in [1.54, 1.807) is 11.3 Å². The Morgan fingerprint density at radius 1 is 0.958 bits per heavy atom. The summed E-state index contributed by atoms with van der Waals surface area (Å²) in [6, 6.07) is 16.9. The molecule has 0 bridgehead atoms. The molecule has 1 N–H and O–H groups in total. The Morgan fingerprint density at radius 2 is 1.71 bits per heavy atom. The van der Waals surface area contributed by atoms with E-state index in [1.165, 1.54) is 26.1 Å². The number of fused-ring (bicyclic) bond motifs is 1. The molecule has 4 aromatic rings. The minimum atomic E-state index is 0. The Kier molecular flexibility index (Phi) is 4.90. The van der Waals surface area contributed by atoms with Gasteiger partial charge in [-0.15, -0.1) is 35.1 Å². The molecule has 4 rings (SSSR count). The molecular formula is C19H17ClN2S2. The molecule has 0 fully saturated rings. The highest BCUT2D eigenvalue weighted by atomic mass is 35.5. The van der Waals surface area contributed by atoms with E-state index in [4.69, 9.17) is 4.98 Å². The molecule has 122 valence electrons. The largest absolute Gasteiger partial charge is 0.332 e. The Labute approximate surface area is 155 Å². The zero-order valence-electron chi connectivity index (χ0n) is 13.4. The van der Waals surface area contributed by atoms with Crippen LogP contribution in [0.25, 0.3) is 21.3 Å². The van der Waals surface area contributed by atoms with Gasteiger partial charge in [-0.3, -0.25) is 0 Å². The molecule has 0 aliphatic carbocycles. The summed E-state index contributed by atoms with van der Waals surface area (Å²) in [6.07, 6.45) is 0. The minimum Gasteiger partial charge on any atom is -0.332 e. The van der Waals surface area contributed by atoms with Crippen LogP contribution in [-0.4, -0.2) is 4.98 Å². The predicted octanol–water partition coefficient (Wildman–Crippen LogP) is 6.81. The molecule has 0 saturated carbocycles. The van der Waals surface area contributed by atoms with Crippen molar-refractivity contribution < 1.29 is 0 Å². The van der Waals surface area contributed by atoms with E-state index in [0.29, 0.717) is 0 Å². The maximum absolute atomic E-state index is 4.80. The van der Waals surface area contributed by atoms with E-state index in [0.717, 1.165) is 16.5 Å². The van der Waals surface area contributed by atoms with Crippen molar-refractivity contribution in [2.24, 2.45) is 0 Å². The van der Waals surface area contributed by atoms with Gasteiger partial charge in [-0.2, -0.15) is 0 Å². The lowest BCUT2D eigenvalue weighted by molar-refractivity contribution is 1.38. The van der Waals surface area contributed by atoms with E-state index in [2.05, 4.69) is 73.1 Å². The standard InChI is InChI=1S/C19H16N2S2.ClH/c1-12-7-9-14(10-8-12)20-19-21-16(11-22-19)18-13(2)23-17-6-4-3-5-15(17)18;/h3-11H,1-2H3,(H,20,21);1H. The number of thiazole rings is 1. The summed E-state index contributed by atoms with van der Waals surface area (Å²) < 4.78 is 1.32. The number of hydrogen-bond donors (Lipinski definition) is 1. The number of nitrogens with zero attached hydrogens (tertiary/aromatic N) is 1. The fourth-order valence-corrected chi connectivity index (χ4v) is 4.49. The van der Waals surface area contributed by atoms with Gasteiger partial charge >= 0.3 is 0 Å². The number of benzene rings is 2. The van der Waals surface area contributed by atoms with Gasteiger partial charge in [0.1, 0.15) is 0 Å². The van der Waals surface area contributed by atoms with Gasteiger partial charge < -0.3 is 5.32 Å². The van der Waals surface area contributed by atoms with E-state index in [-0.39, 0.29) is 12.4 Å². The van der Waals surface area contributed by atoms with Gasteiger partial charge in [0.15, 0.2) is 5.13 Å².